The van der Waals surface area contributed by atoms with Crippen molar-refractivity contribution in [1.29, 1.82) is 0 Å². The molecule has 1 aliphatic rings. The summed E-state index contributed by atoms with van der Waals surface area (Å²) in [4.78, 5) is 13.4. The Morgan fingerprint density at radius 2 is 2.36 bits per heavy atom. The highest BCUT2D eigenvalue weighted by Crippen LogP contribution is 2.18. The van der Waals surface area contributed by atoms with Crippen LogP contribution in [0.2, 0.25) is 0 Å². The minimum Gasteiger partial charge on any atom is -0.375 e. The van der Waals surface area contributed by atoms with E-state index in [9.17, 15) is 4.79 Å². The number of nitrogens with two attached hydrogens (primary N) is 1. The van der Waals surface area contributed by atoms with Crippen molar-refractivity contribution in [3.63, 3.8) is 0 Å². The third kappa shape index (κ3) is 2.69. The summed E-state index contributed by atoms with van der Waals surface area (Å²) >= 11 is 0. The molecule has 1 rings (SSSR count). The van der Waals surface area contributed by atoms with E-state index >= 15 is 0 Å². The Labute approximate surface area is 85.4 Å². The first-order chi connectivity index (χ1) is 6.69. The third-order valence-corrected chi connectivity index (χ3v) is 2.94. The smallest absolute Gasteiger partial charge is 0.248 e. The highest BCUT2D eigenvalue weighted by atomic mass is 16.5. The number of ether oxygens (including phenoxy) is 1. The topological polar surface area (TPSA) is 55.6 Å². The van der Waals surface area contributed by atoms with Gasteiger partial charge in [-0.3, -0.25) is 4.79 Å². The molecule has 1 saturated heterocycles. The van der Waals surface area contributed by atoms with Gasteiger partial charge in [0.15, 0.2) is 0 Å². The molecule has 0 aromatic rings. The Morgan fingerprint density at radius 3 is 2.93 bits per heavy atom. The summed E-state index contributed by atoms with van der Waals surface area (Å²) in [6, 6.07) is 0.256. The molecule has 2 N–H and O–H groups in total. The predicted octanol–water partition coefficient (Wildman–Crippen LogP) is 0.219. The summed E-state index contributed by atoms with van der Waals surface area (Å²) < 4.78 is 4.83. The summed E-state index contributed by atoms with van der Waals surface area (Å²) in [6.07, 6.45) is 1.95. The van der Waals surface area contributed by atoms with Crippen LogP contribution in [-0.4, -0.2) is 43.7 Å². The lowest BCUT2D eigenvalue weighted by Gasteiger charge is -2.36. The average Bonchev–Trinajstić information content (AvgIpc) is 2.19. The zero-order valence-corrected chi connectivity index (χ0v) is 9.03. The minimum atomic E-state index is 0.0813. The van der Waals surface area contributed by atoms with Gasteiger partial charge in [0, 0.05) is 26.2 Å². The molecule has 4 heteroatoms. The largest absolute Gasteiger partial charge is 0.375 e. The lowest BCUT2D eigenvalue weighted by molar-refractivity contribution is -0.137. The number of likely N-dealkylation sites (tertiary alicyclic amines) is 1. The summed E-state index contributed by atoms with van der Waals surface area (Å²) in [6.45, 7) is 3.88. The monoisotopic (exact) mass is 200 g/mol. The lowest BCUT2D eigenvalue weighted by atomic mass is 9.91. The SMILES string of the molecule is CCC1CN(C(=O)COC)CCC1N. The van der Waals surface area contributed by atoms with Gasteiger partial charge < -0.3 is 15.4 Å². The fourth-order valence-corrected chi connectivity index (χ4v) is 1.92. The molecular formula is C10H20N2O2. The van der Waals surface area contributed by atoms with Crippen LogP contribution in [0.5, 0.6) is 0 Å². The van der Waals surface area contributed by atoms with Gasteiger partial charge in [-0.25, -0.2) is 0 Å². The molecule has 1 heterocycles. The number of carbonyl (C=O) groups is 1. The van der Waals surface area contributed by atoms with Gasteiger partial charge in [0.05, 0.1) is 0 Å². The molecule has 2 unspecified atom stereocenters. The molecule has 0 aromatic heterocycles. The number of hydrogen-bond donors (Lipinski definition) is 1. The molecule has 1 fully saturated rings. The number of methoxy groups -OCH3 is 1. The fraction of sp³-hybridized carbons (Fsp3) is 0.900. The molecule has 0 radical (unpaired) electrons. The van der Waals surface area contributed by atoms with E-state index in [-0.39, 0.29) is 18.6 Å². The molecular weight excluding hydrogens is 180 g/mol. The molecule has 82 valence electrons. The Morgan fingerprint density at radius 1 is 1.64 bits per heavy atom. The number of carbonyl (C=O) groups excluding carboxylic acids is 1. The highest BCUT2D eigenvalue weighted by Gasteiger charge is 2.27. The van der Waals surface area contributed by atoms with Crippen molar-refractivity contribution in [3.05, 3.63) is 0 Å². The Bertz CT molecular complexity index is 197. The van der Waals surface area contributed by atoms with Crippen molar-refractivity contribution in [1.82, 2.24) is 4.90 Å². The molecule has 4 nitrogen and oxygen atoms in total. The van der Waals surface area contributed by atoms with Crippen LogP contribution < -0.4 is 5.73 Å². The van der Waals surface area contributed by atoms with Crippen molar-refractivity contribution in [3.8, 4) is 0 Å². The van der Waals surface area contributed by atoms with Crippen molar-refractivity contribution < 1.29 is 9.53 Å². The predicted molar refractivity (Wildman–Crippen MR) is 54.8 cm³/mol. The van der Waals surface area contributed by atoms with Crippen LogP contribution in [0.15, 0.2) is 0 Å². The van der Waals surface area contributed by atoms with E-state index < -0.39 is 0 Å². The maximum absolute atomic E-state index is 11.5. The van der Waals surface area contributed by atoms with Gasteiger partial charge >= 0.3 is 0 Å². The second-order valence-corrected chi connectivity index (χ2v) is 3.89. The van der Waals surface area contributed by atoms with E-state index in [1.807, 2.05) is 4.90 Å². The number of hydrogen-bond acceptors (Lipinski definition) is 3. The van der Waals surface area contributed by atoms with E-state index in [4.69, 9.17) is 10.5 Å². The maximum atomic E-state index is 11.5. The quantitative estimate of drug-likeness (QED) is 0.709. The van der Waals surface area contributed by atoms with Gasteiger partial charge in [-0.2, -0.15) is 0 Å². The first-order valence-corrected chi connectivity index (χ1v) is 5.21. The minimum absolute atomic E-state index is 0.0813. The van der Waals surface area contributed by atoms with Crippen molar-refractivity contribution in [2.24, 2.45) is 11.7 Å². The van der Waals surface area contributed by atoms with Gasteiger partial charge in [0.1, 0.15) is 6.61 Å². The number of rotatable bonds is 3. The molecule has 2 atom stereocenters. The van der Waals surface area contributed by atoms with Gasteiger partial charge in [-0.15, -0.1) is 0 Å². The fourth-order valence-electron chi connectivity index (χ4n) is 1.92. The van der Waals surface area contributed by atoms with E-state index in [0.717, 1.165) is 25.9 Å². The number of piperidine rings is 1. The van der Waals surface area contributed by atoms with Crippen LogP contribution in [0.25, 0.3) is 0 Å². The van der Waals surface area contributed by atoms with E-state index in [1.54, 1.807) is 7.11 Å². The Hall–Kier alpha value is -0.610. The maximum Gasteiger partial charge on any atom is 0.248 e. The standard InChI is InChI=1S/C10H20N2O2/c1-3-8-6-12(5-4-9(8)11)10(13)7-14-2/h8-9H,3-7,11H2,1-2H3. The second kappa shape index (κ2) is 5.32. The molecule has 0 aliphatic carbocycles. The third-order valence-electron chi connectivity index (χ3n) is 2.94. The van der Waals surface area contributed by atoms with E-state index in [0.29, 0.717) is 5.92 Å². The zero-order chi connectivity index (χ0) is 10.6. The summed E-state index contributed by atoms with van der Waals surface area (Å²) in [7, 11) is 1.55. The molecule has 0 saturated carbocycles. The van der Waals surface area contributed by atoms with Crippen LogP contribution in [0.1, 0.15) is 19.8 Å². The van der Waals surface area contributed by atoms with Crippen LogP contribution in [0.4, 0.5) is 0 Å². The molecule has 0 aromatic carbocycles. The van der Waals surface area contributed by atoms with Crippen molar-refractivity contribution in [2.75, 3.05) is 26.8 Å². The lowest BCUT2D eigenvalue weighted by Crippen LogP contribution is -2.49. The average molecular weight is 200 g/mol. The Balaban J connectivity index is 2.45. The van der Waals surface area contributed by atoms with Gasteiger partial charge in [-0.1, -0.05) is 13.3 Å². The number of amides is 1. The summed E-state index contributed by atoms with van der Waals surface area (Å²) in [5, 5.41) is 0. The first-order valence-electron chi connectivity index (χ1n) is 5.21. The van der Waals surface area contributed by atoms with E-state index in [2.05, 4.69) is 6.92 Å². The van der Waals surface area contributed by atoms with Crippen LogP contribution in [0, 0.1) is 5.92 Å². The van der Waals surface area contributed by atoms with Crippen molar-refractivity contribution >= 4 is 5.91 Å². The Kier molecular flexibility index (Phi) is 4.35. The van der Waals surface area contributed by atoms with Gasteiger partial charge in [-0.05, 0) is 12.3 Å². The molecule has 1 aliphatic heterocycles. The van der Waals surface area contributed by atoms with Gasteiger partial charge in [0.25, 0.3) is 0 Å². The molecule has 0 bridgehead atoms. The zero-order valence-electron chi connectivity index (χ0n) is 9.03. The molecule has 0 spiro atoms. The van der Waals surface area contributed by atoms with E-state index in [1.165, 1.54) is 0 Å². The molecule has 1 amide bonds. The summed E-state index contributed by atoms with van der Waals surface area (Å²) in [5.41, 5.74) is 5.96. The highest BCUT2D eigenvalue weighted by molar-refractivity contribution is 5.77. The van der Waals surface area contributed by atoms with Crippen molar-refractivity contribution in [2.45, 2.75) is 25.8 Å². The van der Waals surface area contributed by atoms with Crippen LogP contribution in [-0.2, 0) is 9.53 Å². The number of nitrogens with zero attached hydrogens (tertiary/aromatic N) is 1. The second-order valence-electron chi connectivity index (χ2n) is 3.89. The normalized spacial score (nSPS) is 27.8. The molecule has 14 heavy (non-hydrogen) atoms. The first kappa shape index (κ1) is 11.5. The van der Waals surface area contributed by atoms with Crippen LogP contribution >= 0.6 is 0 Å². The van der Waals surface area contributed by atoms with Gasteiger partial charge in [0.2, 0.25) is 5.91 Å². The van der Waals surface area contributed by atoms with Crippen LogP contribution in [0.3, 0.4) is 0 Å². The summed E-state index contributed by atoms with van der Waals surface area (Å²) in [5.74, 6) is 0.530.